The minimum atomic E-state index is -1.02. The van der Waals surface area contributed by atoms with Crippen molar-refractivity contribution >= 4 is 29.4 Å². The number of carbonyl (C=O) groups is 2. The second kappa shape index (κ2) is 7.70. The molecule has 2 aromatic rings. The summed E-state index contributed by atoms with van der Waals surface area (Å²) in [7, 11) is 0. The lowest BCUT2D eigenvalue weighted by atomic mass is 10.0. The first-order chi connectivity index (χ1) is 13.7. The van der Waals surface area contributed by atoms with Crippen molar-refractivity contribution in [2.45, 2.75) is 27.2 Å². The number of carboxylic acid groups (broad SMARTS) is 1. The van der Waals surface area contributed by atoms with Crippen molar-refractivity contribution in [2.24, 2.45) is 5.10 Å². The van der Waals surface area contributed by atoms with Crippen LogP contribution < -0.4 is 0 Å². The number of amides is 1. The third-order valence-corrected chi connectivity index (χ3v) is 4.65. The smallest absolute Gasteiger partial charge is 0.305 e. The molecule has 3 rings (SSSR count). The van der Waals surface area contributed by atoms with Gasteiger partial charge in [-0.25, -0.2) is 5.01 Å². The van der Waals surface area contributed by atoms with Crippen molar-refractivity contribution in [2.75, 3.05) is 6.54 Å². The Morgan fingerprint density at radius 2 is 1.97 bits per heavy atom. The van der Waals surface area contributed by atoms with Crippen LogP contribution in [0.3, 0.4) is 0 Å². The van der Waals surface area contributed by atoms with Crippen LogP contribution in [-0.4, -0.2) is 39.2 Å². The average molecular weight is 397 g/mol. The molecule has 9 nitrogen and oxygen atoms in total. The van der Waals surface area contributed by atoms with Crippen LogP contribution in [0.4, 0.5) is 5.69 Å². The van der Waals surface area contributed by atoms with Gasteiger partial charge in [0.25, 0.3) is 11.6 Å². The number of aliphatic carboxylic acids is 1. The lowest BCUT2D eigenvalue weighted by Crippen LogP contribution is -2.24. The van der Waals surface area contributed by atoms with Gasteiger partial charge in [0, 0.05) is 6.07 Å². The molecule has 1 aromatic carbocycles. The van der Waals surface area contributed by atoms with Gasteiger partial charge in [0.1, 0.15) is 11.5 Å². The number of carbonyl (C=O) groups excluding carboxylic acids is 1. The maximum Gasteiger partial charge on any atom is 0.305 e. The molecule has 0 spiro atoms. The minimum absolute atomic E-state index is 0.0267. The molecule has 1 amide bonds. The summed E-state index contributed by atoms with van der Waals surface area (Å²) in [5.74, 6) is -0.785. The number of hydrogen-bond acceptors (Lipinski definition) is 6. The van der Waals surface area contributed by atoms with Gasteiger partial charge < -0.3 is 9.52 Å². The maximum absolute atomic E-state index is 12.5. The zero-order valence-corrected chi connectivity index (χ0v) is 16.1. The average Bonchev–Trinajstić information content (AvgIpc) is 3.22. The van der Waals surface area contributed by atoms with Gasteiger partial charge in [0.05, 0.1) is 34.7 Å². The Labute approximate surface area is 166 Å². The first kappa shape index (κ1) is 20.0. The van der Waals surface area contributed by atoms with E-state index in [1.807, 2.05) is 6.92 Å². The van der Waals surface area contributed by atoms with E-state index in [1.54, 1.807) is 32.0 Å². The van der Waals surface area contributed by atoms with E-state index in [2.05, 4.69) is 5.10 Å². The zero-order chi connectivity index (χ0) is 21.3. The molecular formula is C20H19N3O6. The highest BCUT2D eigenvalue weighted by atomic mass is 16.6. The first-order valence-electron chi connectivity index (χ1n) is 8.84. The first-order valence-corrected chi connectivity index (χ1v) is 8.84. The zero-order valence-electron chi connectivity index (χ0n) is 16.1. The van der Waals surface area contributed by atoms with Gasteiger partial charge in [0.2, 0.25) is 0 Å². The third-order valence-electron chi connectivity index (χ3n) is 4.65. The summed E-state index contributed by atoms with van der Waals surface area (Å²) in [4.78, 5) is 34.1. The van der Waals surface area contributed by atoms with Gasteiger partial charge in [-0.05, 0) is 56.2 Å². The van der Waals surface area contributed by atoms with Crippen LogP contribution in [0, 0.1) is 24.0 Å². The van der Waals surface area contributed by atoms with Gasteiger partial charge in [-0.15, -0.1) is 0 Å². The topological polar surface area (TPSA) is 126 Å². The van der Waals surface area contributed by atoms with E-state index in [0.717, 1.165) is 16.1 Å². The van der Waals surface area contributed by atoms with Crippen LogP contribution in [0.15, 0.2) is 39.4 Å². The van der Waals surface area contributed by atoms with E-state index in [-0.39, 0.29) is 24.2 Å². The number of nitro groups is 1. The van der Waals surface area contributed by atoms with Crippen molar-refractivity contribution in [3.8, 4) is 11.3 Å². The SMILES string of the molecule is CC1=NN(CCC(=O)O)C(=O)C1=Cc1ccc(-c2cc(C)c(C)cc2[N+](=O)[O-])o1. The molecule has 0 unspecified atom stereocenters. The van der Waals surface area contributed by atoms with Crippen molar-refractivity contribution in [1.29, 1.82) is 0 Å². The highest BCUT2D eigenvalue weighted by Gasteiger charge is 2.28. The lowest BCUT2D eigenvalue weighted by Gasteiger charge is -2.09. The number of benzene rings is 1. The molecule has 150 valence electrons. The van der Waals surface area contributed by atoms with Gasteiger partial charge >= 0.3 is 5.97 Å². The highest BCUT2D eigenvalue weighted by molar-refractivity contribution is 6.26. The summed E-state index contributed by atoms with van der Waals surface area (Å²) >= 11 is 0. The predicted octanol–water partition coefficient (Wildman–Crippen LogP) is 3.55. The number of hydrazone groups is 1. The summed E-state index contributed by atoms with van der Waals surface area (Å²) in [6.07, 6.45) is 1.29. The molecule has 0 atom stereocenters. The quantitative estimate of drug-likeness (QED) is 0.451. The summed E-state index contributed by atoms with van der Waals surface area (Å²) in [5, 5.41) is 25.4. The molecule has 0 radical (unpaired) electrons. The molecule has 0 fully saturated rings. The molecule has 0 bridgehead atoms. The molecule has 2 heterocycles. The summed E-state index contributed by atoms with van der Waals surface area (Å²) in [6.45, 7) is 5.27. The largest absolute Gasteiger partial charge is 0.481 e. The molecule has 1 N–H and O–H groups in total. The summed E-state index contributed by atoms with van der Waals surface area (Å²) in [5.41, 5.74) is 2.72. The molecule has 1 aromatic heterocycles. The Bertz CT molecular complexity index is 1080. The van der Waals surface area contributed by atoms with Crippen LogP contribution >= 0.6 is 0 Å². The van der Waals surface area contributed by atoms with E-state index in [1.165, 1.54) is 12.1 Å². The van der Waals surface area contributed by atoms with Crippen molar-refractivity contribution < 1.29 is 24.0 Å². The Morgan fingerprint density at radius 1 is 1.28 bits per heavy atom. The molecular weight excluding hydrogens is 378 g/mol. The maximum atomic E-state index is 12.5. The van der Waals surface area contributed by atoms with E-state index in [9.17, 15) is 19.7 Å². The van der Waals surface area contributed by atoms with Gasteiger partial charge in [-0.2, -0.15) is 5.10 Å². The van der Waals surface area contributed by atoms with Crippen molar-refractivity contribution in [1.82, 2.24) is 5.01 Å². The minimum Gasteiger partial charge on any atom is -0.481 e. The number of nitro benzene ring substituents is 1. The van der Waals surface area contributed by atoms with Crippen LogP contribution in [0.5, 0.6) is 0 Å². The fourth-order valence-corrected chi connectivity index (χ4v) is 2.96. The van der Waals surface area contributed by atoms with Crippen LogP contribution in [-0.2, 0) is 9.59 Å². The number of carboxylic acids is 1. The Hall–Kier alpha value is -3.75. The molecule has 1 aliphatic rings. The fourth-order valence-electron chi connectivity index (χ4n) is 2.96. The fraction of sp³-hybridized carbons (Fsp3) is 0.250. The number of rotatable bonds is 6. The second-order valence-corrected chi connectivity index (χ2v) is 6.73. The molecule has 9 heteroatoms. The Balaban J connectivity index is 1.91. The predicted molar refractivity (Wildman–Crippen MR) is 105 cm³/mol. The number of nitrogens with zero attached hydrogens (tertiary/aromatic N) is 3. The third kappa shape index (κ3) is 4.08. The Kier molecular flexibility index (Phi) is 5.31. The standard InChI is InChI=1S/C20H19N3O6/c1-11-8-16(17(23(27)28)9-12(11)2)18-5-4-14(29-18)10-15-13(3)21-22(20(15)26)7-6-19(24)25/h4-5,8-10H,6-7H2,1-3H3,(H,24,25). The van der Waals surface area contributed by atoms with Crippen LogP contribution in [0.1, 0.15) is 30.2 Å². The van der Waals surface area contributed by atoms with Gasteiger partial charge in [-0.3, -0.25) is 19.7 Å². The summed E-state index contributed by atoms with van der Waals surface area (Å²) in [6, 6.07) is 6.42. The summed E-state index contributed by atoms with van der Waals surface area (Å²) < 4.78 is 5.75. The lowest BCUT2D eigenvalue weighted by molar-refractivity contribution is -0.384. The Morgan fingerprint density at radius 3 is 2.62 bits per heavy atom. The highest BCUT2D eigenvalue weighted by Crippen LogP contribution is 2.34. The van der Waals surface area contributed by atoms with E-state index in [0.29, 0.717) is 22.8 Å². The van der Waals surface area contributed by atoms with Gasteiger partial charge in [0.15, 0.2) is 0 Å². The normalized spacial score (nSPS) is 15.1. The van der Waals surface area contributed by atoms with Crippen molar-refractivity contribution in [3.05, 3.63) is 56.8 Å². The number of hydrogen-bond donors (Lipinski definition) is 1. The van der Waals surface area contributed by atoms with E-state index < -0.39 is 16.8 Å². The monoisotopic (exact) mass is 397 g/mol. The molecule has 1 aliphatic heterocycles. The van der Waals surface area contributed by atoms with E-state index >= 15 is 0 Å². The van der Waals surface area contributed by atoms with Crippen LogP contribution in [0.25, 0.3) is 17.4 Å². The number of furan rings is 1. The number of aryl methyl sites for hydroxylation is 2. The van der Waals surface area contributed by atoms with E-state index in [4.69, 9.17) is 9.52 Å². The molecule has 0 saturated heterocycles. The van der Waals surface area contributed by atoms with Gasteiger partial charge in [-0.1, -0.05) is 0 Å². The molecule has 0 aliphatic carbocycles. The molecule has 29 heavy (non-hydrogen) atoms. The van der Waals surface area contributed by atoms with Crippen LogP contribution in [0.2, 0.25) is 0 Å². The molecule has 0 saturated carbocycles. The van der Waals surface area contributed by atoms with Crippen molar-refractivity contribution in [3.63, 3.8) is 0 Å². The second-order valence-electron chi connectivity index (χ2n) is 6.73.